The minimum atomic E-state index is -0.393. The summed E-state index contributed by atoms with van der Waals surface area (Å²) >= 11 is 0. The molecule has 1 saturated heterocycles. The molecule has 4 nitrogen and oxygen atoms in total. The number of hydrogen-bond acceptors (Lipinski definition) is 3. The number of ether oxygens (including phenoxy) is 1. The summed E-state index contributed by atoms with van der Waals surface area (Å²) < 4.78 is 5.54. The summed E-state index contributed by atoms with van der Waals surface area (Å²) in [6.45, 7) is 5.88. The molecule has 1 heterocycles. The van der Waals surface area contributed by atoms with Gasteiger partial charge < -0.3 is 15.4 Å². The number of carbonyl (C=O) groups is 1. The van der Waals surface area contributed by atoms with Gasteiger partial charge in [0.05, 0.1) is 18.8 Å². The van der Waals surface area contributed by atoms with Crippen molar-refractivity contribution in [1.29, 1.82) is 0 Å². The van der Waals surface area contributed by atoms with Crippen LogP contribution in [0, 0.1) is 0 Å². The lowest BCUT2D eigenvalue weighted by atomic mass is 10.1. The number of morpholine rings is 1. The van der Waals surface area contributed by atoms with Crippen LogP contribution in [0.25, 0.3) is 0 Å². The average molecular weight is 200 g/mol. The lowest BCUT2D eigenvalue weighted by molar-refractivity contribution is -0.140. The topological polar surface area (TPSA) is 55.6 Å². The molecule has 4 heteroatoms. The van der Waals surface area contributed by atoms with Crippen LogP contribution in [0.2, 0.25) is 0 Å². The van der Waals surface area contributed by atoms with Crippen molar-refractivity contribution in [2.75, 3.05) is 19.7 Å². The van der Waals surface area contributed by atoms with E-state index in [1.165, 1.54) is 0 Å². The molecular weight excluding hydrogens is 180 g/mol. The van der Waals surface area contributed by atoms with Gasteiger partial charge in [-0.15, -0.1) is 0 Å². The number of nitrogens with two attached hydrogens (primary N) is 1. The molecule has 1 amide bonds. The molecule has 82 valence electrons. The van der Waals surface area contributed by atoms with Gasteiger partial charge in [-0.3, -0.25) is 4.79 Å². The zero-order valence-corrected chi connectivity index (χ0v) is 9.03. The van der Waals surface area contributed by atoms with Crippen molar-refractivity contribution < 1.29 is 9.53 Å². The van der Waals surface area contributed by atoms with Gasteiger partial charge in [0.1, 0.15) is 0 Å². The average Bonchev–Trinajstić information content (AvgIpc) is 2.17. The Hall–Kier alpha value is -0.610. The quantitative estimate of drug-likeness (QED) is 0.715. The van der Waals surface area contributed by atoms with Gasteiger partial charge in [-0.1, -0.05) is 13.3 Å². The third-order valence-electron chi connectivity index (χ3n) is 2.45. The summed E-state index contributed by atoms with van der Waals surface area (Å²) in [6.07, 6.45) is 2.31. The van der Waals surface area contributed by atoms with E-state index in [9.17, 15) is 4.79 Å². The Balaban J connectivity index is 2.43. The maximum Gasteiger partial charge on any atom is 0.239 e. The van der Waals surface area contributed by atoms with Gasteiger partial charge in [-0.25, -0.2) is 0 Å². The van der Waals surface area contributed by atoms with E-state index in [0.29, 0.717) is 19.7 Å². The lowest BCUT2D eigenvalue weighted by Crippen LogP contribution is -2.50. The van der Waals surface area contributed by atoms with Crippen molar-refractivity contribution in [2.24, 2.45) is 5.73 Å². The number of carbonyl (C=O) groups excluding carboxylic acids is 1. The second-order valence-corrected chi connectivity index (χ2v) is 3.85. The first-order valence-electron chi connectivity index (χ1n) is 5.31. The first kappa shape index (κ1) is 11.5. The first-order chi connectivity index (χ1) is 6.65. The van der Waals surface area contributed by atoms with Crippen LogP contribution in [0.3, 0.4) is 0 Å². The molecule has 0 aliphatic carbocycles. The van der Waals surface area contributed by atoms with E-state index in [4.69, 9.17) is 10.5 Å². The van der Waals surface area contributed by atoms with Crippen LogP contribution in [0.1, 0.15) is 26.7 Å². The van der Waals surface area contributed by atoms with Crippen LogP contribution in [-0.2, 0) is 9.53 Å². The Kier molecular flexibility index (Phi) is 4.35. The van der Waals surface area contributed by atoms with Crippen molar-refractivity contribution in [3.63, 3.8) is 0 Å². The summed E-state index contributed by atoms with van der Waals surface area (Å²) in [4.78, 5) is 13.4. The summed E-state index contributed by atoms with van der Waals surface area (Å²) in [5, 5.41) is 0. The Morgan fingerprint density at radius 2 is 2.43 bits per heavy atom. The molecular formula is C10H20N2O2. The van der Waals surface area contributed by atoms with Gasteiger partial charge in [0.25, 0.3) is 0 Å². The summed E-state index contributed by atoms with van der Waals surface area (Å²) in [5.41, 5.74) is 5.55. The molecule has 0 aromatic carbocycles. The SMILES string of the molecule is CCCC1CN(C(=O)C(C)N)CCO1. The van der Waals surface area contributed by atoms with Crippen LogP contribution < -0.4 is 5.73 Å². The van der Waals surface area contributed by atoms with Gasteiger partial charge in [0.15, 0.2) is 0 Å². The highest BCUT2D eigenvalue weighted by atomic mass is 16.5. The van der Waals surface area contributed by atoms with E-state index in [2.05, 4.69) is 6.92 Å². The highest BCUT2D eigenvalue weighted by Crippen LogP contribution is 2.10. The Morgan fingerprint density at radius 1 is 1.71 bits per heavy atom. The third kappa shape index (κ3) is 2.96. The summed E-state index contributed by atoms with van der Waals surface area (Å²) in [7, 11) is 0. The molecule has 1 rings (SSSR count). The van der Waals surface area contributed by atoms with Crippen molar-refractivity contribution >= 4 is 5.91 Å². The van der Waals surface area contributed by atoms with Gasteiger partial charge >= 0.3 is 0 Å². The monoisotopic (exact) mass is 200 g/mol. The standard InChI is InChI=1S/C10H20N2O2/c1-3-4-9-7-12(5-6-14-9)10(13)8(2)11/h8-9H,3-7,11H2,1-2H3. The first-order valence-corrected chi connectivity index (χ1v) is 5.31. The fourth-order valence-electron chi connectivity index (χ4n) is 1.70. The maximum atomic E-state index is 11.6. The minimum Gasteiger partial charge on any atom is -0.375 e. The predicted octanol–water partition coefficient (Wildman–Crippen LogP) is 0.361. The van der Waals surface area contributed by atoms with E-state index in [0.717, 1.165) is 12.8 Å². The zero-order chi connectivity index (χ0) is 10.6. The molecule has 0 spiro atoms. The Bertz CT molecular complexity index is 193. The molecule has 0 radical (unpaired) electrons. The predicted molar refractivity (Wildman–Crippen MR) is 54.9 cm³/mol. The molecule has 2 atom stereocenters. The van der Waals surface area contributed by atoms with E-state index in [-0.39, 0.29) is 12.0 Å². The van der Waals surface area contributed by atoms with Crippen LogP contribution in [0.15, 0.2) is 0 Å². The highest BCUT2D eigenvalue weighted by molar-refractivity contribution is 5.81. The van der Waals surface area contributed by atoms with E-state index in [1.807, 2.05) is 4.90 Å². The fraction of sp³-hybridized carbons (Fsp3) is 0.900. The number of hydrogen-bond donors (Lipinski definition) is 1. The Morgan fingerprint density at radius 3 is 3.00 bits per heavy atom. The van der Waals surface area contributed by atoms with Crippen molar-refractivity contribution in [3.8, 4) is 0 Å². The molecule has 2 unspecified atom stereocenters. The van der Waals surface area contributed by atoms with Gasteiger partial charge in [0.2, 0.25) is 5.91 Å². The summed E-state index contributed by atoms with van der Waals surface area (Å²) in [6, 6.07) is -0.393. The smallest absolute Gasteiger partial charge is 0.239 e. The highest BCUT2D eigenvalue weighted by Gasteiger charge is 2.24. The fourth-order valence-corrected chi connectivity index (χ4v) is 1.70. The van der Waals surface area contributed by atoms with Gasteiger partial charge in [-0.2, -0.15) is 0 Å². The Labute approximate surface area is 85.4 Å². The molecule has 0 saturated carbocycles. The third-order valence-corrected chi connectivity index (χ3v) is 2.45. The van der Waals surface area contributed by atoms with Crippen molar-refractivity contribution in [1.82, 2.24) is 4.90 Å². The second-order valence-electron chi connectivity index (χ2n) is 3.85. The number of rotatable bonds is 3. The number of amides is 1. The van der Waals surface area contributed by atoms with Gasteiger partial charge in [0, 0.05) is 13.1 Å². The van der Waals surface area contributed by atoms with Crippen LogP contribution in [0.4, 0.5) is 0 Å². The largest absolute Gasteiger partial charge is 0.375 e. The van der Waals surface area contributed by atoms with Crippen LogP contribution in [-0.4, -0.2) is 42.6 Å². The van der Waals surface area contributed by atoms with E-state index in [1.54, 1.807) is 6.92 Å². The van der Waals surface area contributed by atoms with Crippen molar-refractivity contribution in [2.45, 2.75) is 38.8 Å². The van der Waals surface area contributed by atoms with Crippen LogP contribution in [0.5, 0.6) is 0 Å². The zero-order valence-electron chi connectivity index (χ0n) is 9.03. The normalized spacial score (nSPS) is 24.8. The van der Waals surface area contributed by atoms with E-state index < -0.39 is 6.04 Å². The summed E-state index contributed by atoms with van der Waals surface area (Å²) in [5.74, 6) is 0.0365. The van der Waals surface area contributed by atoms with E-state index >= 15 is 0 Å². The molecule has 1 aliphatic rings. The molecule has 2 N–H and O–H groups in total. The number of nitrogens with zero attached hydrogens (tertiary/aromatic N) is 1. The van der Waals surface area contributed by atoms with Crippen molar-refractivity contribution in [3.05, 3.63) is 0 Å². The maximum absolute atomic E-state index is 11.6. The lowest BCUT2D eigenvalue weighted by Gasteiger charge is -2.33. The molecule has 0 aromatic rings. The molecule has 0 bridgehead atoms. The molecule has 14 heavy (non-hydrogen) atoms. The minimum absolute atomic E-state index is 0.0365. The second kappa shape index (κ2) is 5.32. The van der Waals surface area contributed by atoms with Gasteiger partial charge in [-0.05, 0) is 13.3 Å². The molecule has 1 fully saturated rings. The molecule has 0 aromatic heterocycles. The molecule has 1 aliphatic heterocycles. The van der Waals surface area contributed by atoms with Crippen LogP contribution >= 0.6 is 0 Å².